The predicted octanol–water partition coefficient (Wildman–Crippen LogP) is 3.70. The number of carbonyl (C=O) groups excluding carboxylic acids is 1. The average molecular weight is 412 g/mol. The molecule has 10 heteroatoms. The minimum Gasteiger partial charge on any atom is -0.358 e. The first-order valence-corrected chi connectivity index (χ1v) is 9.11. The number of hydrogen-bond acceptors (Lipinski definition) is 5. The quantitative estimate of drug-likeness (QED) is 0.391. The minimum atomic E-state index is -4.33. The molecule has 0 fully saturated rings. The molecule has 0 unspecified atom stereocenters. The summed E-state index contributed by atoms with van der Waals surface area (Å²) in [4.78, 5) is 11.8. The van der Waals surface area contributed by atoms with E-state index in [1.807, 2.05) is 0 Å². The molecule has 0 atom stereocenters. The molecule has 2 aromatic rings. The van der Waals surface area contributed by atoms with Crippen LogP contribution in [0.25, 0.3) is 0 Å². The van der Waals surface area contributed by atoms with Crippen LogP contribution in [0.1, 0.15) is 0 Å². The van der Waals surface area contributed by atoms with Crippen LogP contribution in [-0.2, 0) is 14.9 Å². The van der Waals surface area contributed by atoms with E-state index < -0.39 is 16.0 Å². The molecule has 0 saturated carbocycles. The van der Waals surface area contributed by atoms with Crippen molar-refractivity contribution < 1.29 is 17.8 Å². The van der Waals surface area contributed by atoms with Crippen molar-refractivity contribution in [2.75, 3.05) is 10.6 Å². The third-order valence-corrected chi connectivity index (χ3v) is 4.60. The lowest BCUT2D eigenvalue weighted by molar-refractivity contribution is -0.112. The van der Waals surface area contributed by atoms with Crippen molar-refractivity contribution in [2.24, 2.45) is 0 Å². The summed E-state index contributed by atoms with van der Waals surface area (Å²) in [6.07, 6.45) is 1.15. The van der Waals surface area contributed by atoms with Crippen molar-refractivity contribution in [3.05, 3.63) is 64.3 Å². The Bertz CT molecular complexity index is 993. The van der Waals surface area contributed by atoms with Crippen molar-refractivity contribution >= 4 is 50.6 Å². The summed E-state index contributed by atoms with van der Waals surface area (Å²) in [6, 6.07) is 11.3. The van der Waals surface area contributed by atoms with Crippen LogP contribution in [0.15, 0.2) is 59.1 Å². The SMILES string of the molecule is N#C/C(=C/Nc1c(Cl)cccc1Cl)C(=O)Nc1ccc(S(=O)(=O)O)cc1. The summed E-state index contributed by atoms with van der Waals surface area (Å²) in [5.74, 6) is -0.734. The Balaban J connectivity index is 2.15. The molecule has 0 radical (unpaired) electrons. The molecule has 0 bridgehead atoms. The molecule has 0 aliphatic carbocycles. The summed E-state index contributed by atoms with van der Waals surface area (Å²) >= 11 is 12.0. The zero-order chi connectivity index (χ0) is 19.3. The second-order valence-electron chi connectivity index (χ2n) is 4.86. The Morgan fingerprint density at radius 1 is 1.12 bits per heavy atom. The summed E-state index contributed by atoms with van der Waals surface area (Å²) in [5, 5.41) is 14.9. The molecule has 26 heavy (non-hydrogen) atoms. The van der Waals surface area contributed by atoms with Crippen LogP contribution in [0, 0.1) is 11.3 Å². The largest absolute Gasteiger partial charge is 0.358 e. The Morgan fingerprint density at radius 3 is 2.19 bits per heavy atom. The van der Waals surface area contributed by atoms with Crippen LogP contribution in [-0.4, -0.2) is 18.9 Å². The van der Waals surface area contributed by atoms with E-state index in [0.717, 1.165) is 18.3 Å². The van der Waals surface area contributed by atoms with Crippen LogP contribution in [0.2, 0.25) is 10.0 Å². The van der Waals surface area contributed by atoms with Crippen LogP contribution < -0.4 is 10.6 Å². The molecule has 2 rings (SSSR count). The van der Waals surface area contributed by atoms with Gasteiger partial charge in [-0.2, -0.15) is 13.7 Å². The third kappa shape index (κ3) is 4.97. The molecule has 0 aliphatic heterocycles. The normalized spacial score (nSPS) is 11.5. The smallest absolute Gasteiger partial charge is 0.294 e. The predicted molar refractivity (Wildman–Crippen MR) is 98.7 cm³/mol. The van der Waals surface area contributed by atoms with Gasteiger partial charge in [0.15, 0.2) is 0 Å². The van der Waals surface area contributed by atoms with Gasteiger partial charge < -0.3 is 10.6 Å². The molecular formula is C16H11Cl2N3O4S. The summed E-state index contributed by atoms with van der Waals surface area (Å²) in [5.41, 5.74) is 0.313. The Kier molecular flexibility index (Phi) is 6.23. The van der Waals surface area contributed by atoms with E-state index >= 15 is 0 Å². The molecule has 0 heterocycles. The lowest BCUT2D eigenvalue weighted by Gasteiger charge is -2.08. The maximum absolute atomic E-state index is 12.1. The van der Waals surface area contributed by atoms with Crippen molar-refractivity contribution in [2.45, 2.75) is 4.90 Å². The van der Waals surface area contributed by atoms with Gasteiger partial charge in [0, 0.05) is 11.9 Å². The summed E-state index contributed by atoms with van der Waals surface area (Å²) < 4.78 is 30.9. The van der Waals surface area contributed by atoms with Gasteiger partial charge in [-0.3, -0.25) is 9.35 Å². The topological polar surface area (TPSA) is 119 Å². The van der Waals surface area contributed by atoms with Crippen molar-refractivity contribution in [3.8, 4) is 6.07 Å². The van der Waals surface area contributed by atoms with Crippen molar-refractivity contribution in [1.29, 1.82) is 5.26 Å². The Hall–Kier alpha value is -2.57. The fourth-order valence-corrected chi connectivity index (χ4v) is 2.82. The molecule has 2 aromatic carbocycles. The number of carbonyl (C=O) groups is 1. The highest BCUT2D eigenvalue weighted by atomic mass is 35.5. The average Bonchev–Trinajstić information content (AvgIpc) is 2.57. The van der Waals surface area contributed by atoms with Crippen molar-refractivity contribution in [3.63, 3.8) is 0 Å². The van der Waals surface area contributed by atoms with Crippen LogP contribution in [0.3, 0.4) is 0 Å². The van der Waals surface area contributed by atoms with E-state index in [4.69, 9.17) is 33.0 Å². The highest BCUT2D eigenvalue weighted by Crippen LogP contribution is 2.29. The number of nitrogens with zero attached hydrogens (tertiary/aromatic N) is 1. The van der Waals surface area contributed by atoms with Gasteiger partial charge in [0.25, 0.3) is 16.0 Å². The van der Waals surface area contributed by atoms with E-state index in [-0.39, 0.29) is 16.2 Å². The molecule has 0 aromatic heterocycles. The Labute approximate surface area is 159 Å². The number of para-hydroxylation sites is 1. The first-order chi connectivity index (χ1) is 12.2. The maximum atomic E-state index is 12.1. The fraction of sp³-hybridized carbons (Fsp3) is 0. The fourth-order valence-electron chi connectivity index (χ4n) is 1.84. The van der Waals surface area contributed by atoms with Gasteiger partial charge in [-0.15, -0.1) is 0 Å². The van der Waals surface area contributed by atoms with Crippen LogP contribution >= 0.6 is 23.2 Å². The number of anilines is 2. The zero-order valence-corrected chi connectivity index (χ0v) is 15.2. The molecule has 1 amide bonds. The summed E-state index contributed by atoms with van der Waals surface area (Å²) in [7, 11) is -4.33. The second-order valence-corrected chi connectivity index (χ2v) is 7.10. The van der Waals surface area contributed by atoms with Gasteiger partial charge in [0.2, 0.25) is 0 Å². The molecule has 0 spiro atoms. The van der Waals surface area contributed by atoms with E-state index in [9.17, 15) is 13.2 Å². The van der Waals surface area contributed by atoms with Crippen LogP contribution in [0.4, 0.5) is 11.4 Å². The first-order valence-electron chi connectivity index (χ1n) is 6.92. The number of hydrogen-bond donors (Lipinski definition) is 3. The summed E-state index contributed by atoms with van der Waals surface area (Å²) in [6.45, 7) is 0. The number of halogens is 2. The van der Waals surface area contributed by atoms with E-state index in [1.165, 1.54) is 12.1 Å². The molecule has 3 N–H and O–H groups in total. The molecule has 7 nitrogen and oxygen atoms in total. The van der Waals surface area contributed by atoms with Gasteiger partial charge in [0.05, 0.1) is 20.6 Å². The van der Waals surface area contributed by atoms with Gasteiger partial charge in [-0.25, -0.2) is 0 Å². The van der Waals surface area contributed by atoms with E-state index in [2.05, 4.69) is 10.6 Å². The third-order valence-electron chi connectivity index (χ3n) is 3.10. The highest BCUT2D eigenvalue weighted by Gasteiger charge is 2.12. The number of nitriles is 1. The minimum absolute atomic E-state index is 0.235. The monoisotopic (exact) mass is 411 g/mol. The molecule has 134 valence electrons. The lowest BCUT2D eigenvalue weighted by Crippen LogP contribution is -2.14. The van der Waals surface area contributed by atoms with Gasteiger partial charge in [0.1, 0.15) is 11.6 Å². The molecular weight excluding hydrogens is 401 g/mol. The first kappa shape index (κ1) is 19.8. The van der Waals surface area contributed by atoms with Crippen molar-refractivity contribution in [1.82, 2.24) is 0 Å². The number of amides is 1. The van der Waals surface area contributed by atoms with E-state index in [0.29, 0.717) is 15.7 Å². The highest BCUT2D eigenvalue weighted by molar-refractivity contribution is 7.85. The standard InChI is InChI=1S/C16H11Cl2N3O4S/c17-13-2-1-3-14(18)15(13)20-9-10(8-19)16(22)21-11-4-6-12(7-5-11)26(23,24)25/h1-7,9,20H,(H,21,22)(H,23,24,25)/b10-9-. The maximum Gasteiger partial charge on any atom is 0.294 e. The molecule has 0 saturated heterocycles. The second kappa shape index (κ2) is 8.21. The zero-order valence-electron chi connectivity index (χ0n) is 12.9. The number of benzene rings is 2. The van der Waals surface area contributed by atoms with Crippen LogP contribution in [0.5, 0.6) is 0 Å². The number of nitrogens with one attached hydrogen (secondary N) is 2. The lowest BCUT2D eigenvalue weighted by atomic mass is 10.2. The number of rotatable bonds is 5. The van der Waals surface area contributed by atoms with Gasteiger partial charge >= 0.3 is 0 Å². The van der Waals surface area contributed by atoms with E-state index in [1.54, 1.807) is 24.3 Å². The van der Waals surface area contributed by atoms with Gasteiger partial charge in [-0.1, -0.05) is 29.3 Å². The van der Waals surface area contributed by atoms with Gasteiger partial charge in [-0.05, 0) is 36.4 Å². The Morgan fingerprint density at radius 2 is 1.69 bits per heavy atom. The molecule has 0 aliphatic rings.